The zero-order valence-electron chi connectivity index (χ0n) is 9.52. The van der Waals surface area contributed by atoms with E-state index in [4.69, 9.17) is 0 Å². The Bertz CT molecular complexity index is 687. The first-order valence-corrected chi connectivity index (χ1v) is 6.64. The van der Waals surface area contributed by atoms with Gasteiger partial charge in [0.25, 0.3) is 10.1 Å². The van der Waals surface area contributed by atoms with E-state index < -0.39 is 22.9 Å². The zero-order valence-corrected chi connectivity index (χ0v) is 10.3. The smallest absolute Gasteiger partial charge is 0.257 e. The van der Waals surface area contributed by atoms with Gasteiger partial charge in [0.1, 0.15) is 4.90 Å². The Morgan fingerprint density at radius 2 is 1.63 bits per heavy atom. The van der Waals surface area contributed by atoms with Gasteiger partial charge >= 0.3 is 6.18 Å². The van der Waals surface area contributed by atoms with Gasteiger partial charge in [-0.2, -0.15) is 21.6 Å². The first-order chi connectivity index (χ1) is 8.80. The molecule has 0 unspecified atom stereocenters. The Hall–Kier alpha value is -1.60. The number of rotatable bonds is 3. The van der Waals surface area contributed by atoms with Crippen molar-refractivity contribution in [2.75, 3.05) is 6.61 Å². The molecule has 0 heterocycles. The summed E-state index contributed by atoms with van der Waals surface area (Å²) in [6, 6.07) is 10.8. The number of hydrogen-bond donors (Lipinski definition) is 0. The second kappa shape index (κ2) is 4.82. The van der Waals surface area contributed by atoms with Gasteiger partial charge in [0.2, 0.25) is 0 Å². The van der Waals surface area contributed by atoms with E-state index in [0.717, 1.165) is 0 Å². The molecule has 2 rings (SSSR count). The summed E-state index contributed by atoms with van der Waals surface area (Å²) in [5, 5.41) is 0.936. The maximum atomic E-state index is 12.0. The van der Waals surface area contributed by atoms with E-state index in [9.17, 15) is 21.6 Å². The van der Waals surface area contributed by atoms with E-state index in [2.05, 4.69) is 4.18 Å². The molecule has 2 aromatic carbocycles. The van der Waals surface area contributed by atoms with Crippen molar-refractivity contribution < 1.29 is 25.8 Å². The lowest BCUT2D eigenvalue weighted by molar-refractivity contribution is -0.152. The molecule has 0 N–H and O–H groups in total. The molecule has 19 heavy (non-hydrogen) atoms. The highest BCUT2D eigenvalue weighted by Crippen LogP contribution is 2.25. The molecule has 0 radical (unpaired) electrons. The minimum Gasteiger partial charge on any atom is -0.257 e. The van der Waals surface area contributed by atoms with Crippen LogP contribution in [0.2, 0.25) is 0 Å². The molecular weight excluding hydrogens is 281 g/mol. The molecule has 0 saturated heterocycles. The van der Waals surface area contributed by atoms with Crippen molar-refractivity contribution in [2.24, 2.45) is 0 Å². The predicted octanol–water partition coefficient (Wildman–Crippen LogP) is 3.11. The van der Waals surface area contributed by atoms with Crippen LogP contribution in [-0.2, 0) is 14.3 Å². The summed E-state index contributed by atoms with van der Waals surface area (Å²) in [4.78, 5) is -0.269. The minimum atomic E-state index is -4.70. The highest BCUT2D eigenvalue weighted by molar-refractivity contribution is 7.87. The molecule has 0 aliphatic heterocycles. The van der Waals surface area contributed by atoms with Gasteiger partial charge in [-0.3, -0.25) is 4.18 Å². The topological polar surface area (TPSA) is 43.4 Å². The Balaban J connectivity index is 2.44. The average Bonchev–Trinajstić information content (AvgIpc) is 2.35. The highest BCUT2D eigenvalue weighted by atomic mass is 32.2. The van der Waals surface area contributed by atoms with E-state index >= 15 is 0 Å². The number of hydrogen-bond acceptors (Lipinski definition) is 3. The van der Waals surface area contributed by atoms with Crippen LogP contribution in [0.25, 0.3) is 10.8 Å². The summed E-state index contributed by atoms with van der Waals surface area (Å²) in [5.41, 5.74) is 0. The fourth-order valence-corrected chi connectivity index (χ4v) is 2.74. The average molecular weight is 290 g/mol. The van der Waals surface area contributed by atoms with Gasteiger partial charge in [-0.15, -0.1) is 0 Å². The standard InChI is InChI=1S/C12H9F3O3S/c13-12(14,15)8-18-19(16,17)11-7-3-5-9-4-1-2-6-10(9)11/h1-7H,8H2. The van der Waals surface area contributed by atoms with Crippen molar-refractivity contribution >= 4 is 20.9 Å². The third kappa shape index (κ3) is 3.24. The molecule has 0 aromatic heterocycles. The molecule has 0 spiro atoms. The van der Waals surface area contributed by atoms with Crippen molar-refractivity contribution in [3.8, 4) is 0 Å². The molecule has 0 bridgehead atoms. The van der Waals surface area contributed by atoms with E-state index in [-0.39, 0.29) is 4.90 Å². The molecule has 0 atom stereocenters. The van der Waals surface area contributed by atoms with Crippen LogP contribution < -0.4 is 0 Å². The Kier molecular flexibility index (Phi) is 3.51. The summed E-state index contributed by atoms with van der Waals surface area (Å²) >= 11 is 0. The molecular formula is C12H9F3O3S. The lowest BCUT2D eigenvalue weighted by Crippen LogP contribution is -2.20. The number of fused-ring (bicyclic) bond motifs is 1. The first kappa shape index (κ1) is 13.8. The third-order valence-electron chi connectivity index (χ3n) is 2.40. The van der Waals surface area contributed by atoms with Crippen molar-refractivity contribution in [3.63, 3.8) is 0 Å². The maximum Gasteiger partial charge on any atom is 0.413 e. The van der Waals surface area contributed by atoms with Gasteiger partial charge < -0.3 is 0 Å². The molecule has 7 heteroatoms. The Morgan fingerprint density at radius 1 is 1.00 bits per heavy atom. The van der Waals surface area contributed by atoms with Gasteiger partial charge in [0.05, 0.1) is 0 Å². The molecule has 0 saturated carbocycles. The summed E-state index contributed by atoms with van der Waals surface area (Å²) in [7, 11) is -4.44. The minimum absolute atomic E-state index is 0.269. The van der Waals surface area contributed by atoms with Crippen LogP contribution in [0, 0.1) is 0 Å². The maximum absolute atomic E-state index is 12.0. The molecule has 0 amide bonds. The van der Waals surface area contributed by atoms with E-state index in [1.165, 1.54) is 18.2 Å². The van der Waals surface area contributed by atoms with Crippen LogP contribution in [0.1, 0.15) is 0 Å². The molecule has 0 aliphatic carbocycles. The van der Waals surface area contributed by atoms with Crippen molar-refractivity contribution in [1.82, 2.24) is 0 Å². The van der Waals surface area contributed by atoms with Crippen LogP contribution in [0.5, 0.6) is 0 Å². The second-order valence-corrected chi connectivity index (χ2v) is 5.39. The van der Waals surface area contributed by atoms with Gasteiger partial charge in [-0.25, -0.2) is 0 Å². The summed E-state index contributed by atoms with van der Waals surface area (Å²) < 4.78 is 63.7. The summed E-state index contributed by atoms with van der Waals surface area (Å²) in [6.07, 6.45) is -4.70. The number of halogens is 3. The van der Waals surface area contributed by atoms with Crippen LogP contribution in [0.3, 0.4) is 0 Å². The van der Waals surface area contributed by atoms with Crippen molar-refractivity contribution in [1.29, 1.82) is 0 Å². The monoisotopic (exact) mass is 290 g/mol. The predicted molar refractivity (Wildman–Crippen MR) is 63.1 cm³/mol. The van der Waals surface area contributed by atoms with Crippen molar-refractivity contribution in [3.05, 3.63) is 42.5 Å². The van der Waals surface area contributed by atoms with E-state index in [0.29, 0.717) is 10.8 Å². The lowest BCUT2D eigenvalue weighted by atomic mass is 10.1. The van der Waals surface area contributed by atoms with Crippen LogP contribution in [0.15, 0.2) is 47.4 Å². The fourth-order valence-electron chi connectivity index (χ4n) is 1.62. The first-order valence-electron chi connectivity index (χ1n) is 5.23. The van der Waals surface area contributed by atoms with Crippen LogP contribution in [-0.4, -0.2) is 21.2 Å². The summed E-state index contributed by atoms with van der Waals surface area (Å²) in [5.74, 6) is 0. The van der Waals surface area contributed by atoms with Gasteiger partial charge in [0.15, 0.2) is 6.61 Å². The van der Waals surface area contributed by atoms with Gasteiger partial charge in [-0.1, -0.05) is 36.4 Å². The quantitative estimate of drug-likeness (QED) is 0.816. The fraction of sp³-hybridized carbons (Fsp3) is 0.167. The second-order valence-electron chi connectivity index (χ2n) is 3.81. The Labute approximate surface area is 107 Å². The number of alkyl halides is 3. The van der Waals surface area contributed by atoms with Gasteiger partial charge in [-0.05, 0) is 11.5 Å². The molecule has 0 aliphatic rings. The largest absolute Gasteiger partial charge is 0.413 e. The SMILES string of the molecule is O=S(=O)(OCC(F)(F)F)c1cccc2ccccc12. The van der Waals surface area contributed by atoms with E-state index in [1.54, 1.807) is 24.3 Å². The van der Waals surface area contributed by atoms with Crippen LogP contribution >= 0.6 is 0 Å². The molecule has 102 valence electrons. The third-order valence-corrected chi connectivity index (χ3v) is 3.72. The molecule has 3 nitrogen and oxygen atoms in total. The lowest BCUT2D eigenvalue weighted by Gasteiger charge is -2.10. The summed E-state index contributed by atoms with van der Waals surface area (Å²) in [6.45, 7) is -1.83. The van der Waals surface area contributed by atoms with Crippen molar-refractivity contribution in [2.45, 2.75) is 11.1 Å². The highest BCUT2D eigenvalue weighted by Gasteiger charge is 2.32. The Morgan fingerprint density at radius 3 is 2.32 bits per heavy atom. The normalized spacial score (nSPS) is 12.8. The number of benzene rings is 2. The molecule has 2 aromatic rings. The van der Waals surface area contributed by atoms with Gasteiger partial charge in [0, 0.05) is 5.39 Å². The molecule has 0 fully saturated rings. The zero-order chi connectivity index (χ0) is 14.1. The van der Waals surface area contributed by atoms with E-state index in [1.807, 2.05) is 0 Å². The van der Waals surface area contributed by atoms with Crippen LogP contribution in [0.4, 0.5) is 13.2 Å².